The van der Waals surface area contributed by atoms with Crippen molar-refractivity contribution >= 4 is 38.5 Å². The van der Waals surface area contributed by atoms with Crippen molar-refractivity contribution in [1.82, 2.24) is 4.98 Å². The van der Waals surface area contributed by atoms with Gasteiger partial charge in [-0.2, -0.15) is 0 Å². The number of rotatable bonds is 1. The van der Waals surface area contributed by atoms with Crippen LogP contribution >= 0.6 is 38.5 Å². The molecule has 1 aromatic rings. The minimum Gasteiger partial charge on any atom is -0.494 e. The number of methoxy groups -OCH3 is 1. The molecule has 0 aliphatic rings. The Hall–Kier alpha value is 0.160. The first-order valence-electron chi connectivity index (χ1n) is 2.59. The van der Waals surface area contributed by atoms with E-state index in [1.807, 2.05) is 6.07 Å². The molecule has 0 saturated heterocycles. The third-order valence-corrected chi connectivity index (χ3v) is 2.24. The molecule has 0 unspecified atom stereocenters. The summed E-state index contributed by atoms with van der Waals surface area (Å²) in [5, 5.41) is 0. The molecule has 0 fully saturated rings. The lowest BCUT2D eigenvalue weighted by Crippen LogP contribution is -1.88. The zero-order valence-corrected chi connectivity index (χ0v) is 9.01. The van der Waals surface area contributed by atoms with Crippen molar-refractivity contribution < 1.29 is 4.74 Å². The highest BCUT2D eigenvalue weighted by atomic mass is 127. The number of hydrogen-bond acceptors (Lipinski definition) is 2. The molecule has 1 aromatic heterocycles. The molecule has 54 valence electrons. The summed E-state index contributed by atoms with van der Waals surface area (Å²) >= 11 is 5.41. The second-order valence-corrected chi connectivity index (χ2v) is 3.58. The SMILES string of the molecule is COc1cc(Br)cnc1I. The third-order valence-electron chi connectivity index (χ3n) is 0.993. The molecule has 10 heavy (non-hydrogen) atoms. The van der Waals surface area contributed by atoms with Gasteiger partial charge >= 0.3 is 0 Å². The number of pyridine rings is 1. The Balaban J connectivity index is 3.09. The van der Waals surface area contributed by atoms with Crippen LogP contribution in [-0.4, -0.2) is 12.1 Å². The number of nitrogens with zero attached hydrogens (tertiary/aromatic N) is 1. The van der Waals surface area contributed by atoms with Gasteiger partial charge in [0.05, 0.1) is 7.11 Å². The highest BCUT2D eigenvalue weighted by molar-refractivity contribution is 14.1. The summed E-state index contributed by atoms with van der Waals surface area (Å²) in [4.78, 5) is 4.06. The summed E-state index contributed by atoms with van der Waals surface area (Å²) < 4.78 is 6.84. The van der Waals surface area contributed by atoms with Crippen LogP contribution in [0.25, 0.3) is 0 Å². The number of ether oxygens (including phenoxy) is 1. The Bertz CT molecular complexity index is 241. The lowest BCUT2D eigenvalue weighted by atomic mass is 10.5. The van der Waals surface area contributed by atoms with Crippen molar-refractivity contribution in [2.45, 2.75) is 0 Å². The van der Waals surface area contributed by atoms with Crippen LogP contribution in [0.2, 0.25) is 0 Å². The van der Waals surface area contributed by atoms with E-state index in [1.54, 1.807) is 13.3 Å². The van der Waals surface area contributed by atoms with Gasteiger partial charge in [-0.25, -0.2) is 4.98 Å². The van der Waals surface area contributed by atoms with Crippen molar-refractivity contribution in [3.63, 3.8) is 0 Å². The van der Waals surface area contributed by atoms with Crippen LogP contribution < -0.4 is 4.74 Å². The molecule has 0 amide bonds. The molecule has 1 heterocycles. The van der Waals surface area contributed by atoms with E-state index >= 15 is 0 Å². The normalized spacial score (nSPS) is 9.50. The van der Waals surface area contributed by atoms with Crippen molar-refractivity contribution in [2.24, 2.45) is 0 Å². The zero-order chi connectivity index (χ0) is 7.56. The van der Waals surface area contributed by atoms with E-state index in [2.05, 4.69) is 43.5 Å². The number of hydrogen-bond donors (Lipinski definition) is 0. The maximum absolute atomic E-state index is 5.03. The van der Waals surface area contributed by atoms with Gasteiger partial charge in [-0.3, -0.25) is 0 Å². The smallest absolute Gasteiger partial charge is 0.151 e. The van der Waals surface area contributed by atoms with Gasteiger partial charge in [0.1, 0.15) is 3.70 Å². The minimum atomic E-state index is 0.801. The average Bonchev–Trinajstić information content (AvgIpc) is 1.94. The number of aromatic nitrogens is 1. The molecule has 0 aromatic carbocycles. The van der Waals surface area contributed by atoms with Gasteiger partial charge in [-0.05, 0) is 44.6 Å². The largest absolute Gasteiger partial charge is 0.494 e. The predicted molar refractivity (Wildman–Crippen MR) is 51.2 cm³/mol. The monoisotopic (exact) mass is 313 g/mol. The van der Waals surface area contributed by atoms with E-state index in [0.29, 0.717) is 0 Å². The molecular formula is C6H5BrINO. The highest BCUT2D eigenvalue weighted by Gasteiger charge is 1.99. The van der Waals surface area contributed by atoms with Crippen molar-refractivity contribution in [3.8, 4) is 5.75 Å². The minimum absolute atomic E-state index is 0.801. The molecule has 0 atom stereocenters. The van der Waals surface area contributed by atoms with Crippen LogP contribution in [-0.2, 0) is 0 Å². The zero-order valence-electron chi connectivity index (χ0n) is 5.27. The molecule has 0 aliphatic carbocycles. The average molecular weight is 314 g/mol. The summed E-state index contributed by atoms with van der Waals surface area (Å²) in [6.07, 6.45) is 1.74. The van der Waals surface area contributed by atoms with Gasteiger partial charge in [0, 0.05) is 10.7 Å². The summed E-state index contributed by atoms with van der Waals surface area (Å²) in [6, 6.07) is 1.88. The maximum Gasteiger partial charge on any atom is 0.151 e. The summed E-state index contributed by atoms with van der Waals surface area (Å²) in [6.45, 7) is 0. The Morgan fingerprint density at radius 1 is 1.70 bits per heavy atom. The second-order valence-electron chi connectivity index (χ2n) is 1.65. The van der Waals surface area contributed by atoms with Crippen LogP contribution in [0.15, 0.2) is 16.7 Å². The lowest BCUT2D eigenvalue weighted by Gasteiger charge is -2.00. The quantitative estimate of drug-likeness (QED) is 0.587. The van der Waals surface area contributed by atoms with Gasteiger partial charge in [-0.1, -0.05) is 0 Å². The molecular weight excluding hydrogens is 309 g/mol. The fourth-order valence-electron chi connectivity index (χ4n) is 0.547. The topological polar surface area (TPSA) is 22.1 Å². The molecule has 0 bridgehead atoms. The summed E-state index contributed by atoms with van der Waals surface area (Å²) in [5.74, 6) is 0.801. The van der Waals surface area contributed by atoms with Crippen LogP contribution in [0.1, 0.15) is 0 Å². The van der Waals surface area contributed by atoms with Gasteiger partial charge in [0.15, 0.2) is 5.75 Å². The third kappa shape index (κ3) is 1.82. The van der Waals surface area contributed by atoms with E-state index in [9.17, 15) is 0 Å². The molecule has 0 spiro atoms. The van der Waals surface area contributed by atoms with Crippen molar-refractivity contribution in [3.05, 3.63) is 20.4 Å². The molecule has 0 radical (unpaired) electrons. The fraction of sp³-hybridized carbons (Fsp3) is 0.167. The summed E-state index contributed by atoms with van der Waals surface area (Å²) in [7, 11) is 1.63. The first-order chi connectivity index (χ1) is 4.74. The highest BCUT2D eigenvalue weighted by Crippen LogP contribution is 2.21. The van der Waals surface area contributed by atoms with Crippen LogP contribution in [0, 0.1) is 3.70 Å². The van der Waals surface area contributed by atoms with Crippen molar-refractivity contribution in [2.75, 3.05) is 7.11 Å². The van der Waals surface area contributed by atoms with E-state index in [1.165, 1.54) is 0 Å². The molecule has 0 saturated carbocycles. The van der Waals surface area contributed by atoms with E-state index in [0.717, 1.165) is 13.9 Å². The first kappa shape index (κ1) is 8.26. The van der Waals surface area contributed by atoms with E-state index < -0.39 is 0 Å². The molecule has 0 N–H and O–H groups in total. The Morgan fingerprint density at radius 3 is 2.90 bits per heavy atom. The lowest BCUT2D eigenvalue weighted by molar-refractivity contribution is 0.409. The van der Waals surface area contributed by atoms with Crippen molar-refractivity contribution in [1.29, 1.82) is 0 Å². The van der Waals surface area contributed by atoms with Gasteiger partial charge < -0.3 is 4.74 Å². The van der Waals surface area contributed by atoms with E-state index in [4.69, 9.17) is 4.74 Å². The van der Waals surface area contributed by atoms with Gasteiger partial charge in [0.2, 0.25) is 0 Å². The second kappa shape index (κ2) is 3.52. The molecule has 1 rings (SSSR count). The molecule has 2 nitrogen and oxygen atoms in total. The first-order valence-corrected chi connectivity index (χ1v) is 4.46. The fourth-order valence-corrected chi connectivity index (χ4v) is 1.37. The Labute approximate surface area is 81.3 Å². The Morgan fingerprint density at radius 2 is 2.40 bits per heavy atom. The molecule has 4 heteroatoms. The predicted octanol–water partition coefficient (Wildman–Crippen LogP) is 2.46. The molecule has 0 aliphatic heterocycles. The van der Waals surface area contributed by atoms with Crippen LogP contribution in [0.3, 0.4) is 0 Å². The van der Waals surface area contributed by atoms with Crippen LogP contribution in [0.4, 0.5) is 0 Å². The van der Waals surface area contributed by atoms with Crippen LogP contribution in [0.5, 0.6) is 5.75 Å². The summed E-state index contributed by atoms with van der Waals surface area (Å²) in [5.41, 5.74) is 0. The van der Waals surface area contributed by atoms with Gasteiger partial charge in [0.25, 0.3) is 0 Å². The number of halogens is 2. The maximum atomic E-state index is 5.03. The standard InChI is InChI=1S/C6H5BrINO/c1-10-5-2-4(7)3-9-6(5)8/h2-3H,1H3. The van der Waals surface area contributed by atoms with E-state index in [-0.39, 0.29) is 0 Å². The Kier molecular flexibility index (Phi) is 2.91. The van der Waals surface area contributed by atoms with Gasteiger partial charge in [-0.15, -0.1) is 0 Å².